The first kappa shape index (κ1) is 12.4. The molecule has 8 heteroatoms. The first-order valence-electron chi connectivity index (χ1n) is 4.57. The van der Waals surface area contributed by atoms with Gasteiger partial charge in [0.2, 0.25) is 5.91 Å². The van der Waals surface area contributed by atoms with Gasteiger partial charge in [0.05, 0.1) is 4.92 Å². The third-order valence-electron chi connectivity index (χ3n) is 1.67. The summed E-state index contributed by atoms with van der Waals surface area (Å²) in [5.74, 6) is -0.431. The van der Waals surface area contributed by atoms with Crippen LogP contribution in [0.5, 0.6) is 0 Å². The number of nitro groups is 1. The van der Waals surface area contributed by atoms with E-state index >= 15 is 0 Å². The van der Waals surface area contributed by atoms with Gasteiger partial charge in [-0.25, -0.2) is 10.2 Å². The van der Waals surface area contributed by atoms with Gasteiger partial charge >= 0.3 is 6.03 Å². The maximum absolute atomic E-state index is 11.2. The van der Waals surface area contributed by atoms with Crippen molar-refractivity contribution in [2.45, 2.75) is 6.92 Å². The molecule has 0 bridgehead atoms. The summed E-state index contributed by atoms with van der Waals surface area (Å²) in [6.07, 6.45) is 0. The van der Waals surface area contributed by atoms with Gasteiger partial charge in [-0.05, 0) is 6.07 Å². The molecule has 0 fully saturated rings. The highest BCUT2D eigenvalue weighted by Crippen LogP contribution is 2.16. The molecular formula is C9H10N4O4. The van der Waals surface area contributed by atoms with Crippen LogP contribution >= 0.6 is 0 Å². The van der Waals surface area contributed by atoms with E-state index in [0.29, 0.717) is 0 Å². The first-order valence-corrected chi connectivity index (χ1v) is 4.57. The number of nitrogens with zero attached hydrogens (tertiary/aromatic N) is 1. The quantitative estimate of drug-likeness (QED) is 0.521. The number of nitro benzene ring substituents is 1. The lowest BCUT2D eigenvalue weighted by atomic mass is 10.3. The Morgan fingerprint density at radius 1 is 1.29 bits per heavy atom. The van der Waals surface area contributed by atoms with Crippen molar-refractivity contribution in [3.8, 4) is 0 Å². The summed E-state index contributed by atoms with van der Waals surface area (Å²) in [4.78, 5) is 31.6. The van der Waals surface area contributed by atoms with E-state index in [9.17, 15) is 19.7 Å². The van der Waals surface area contributed by atoms with Gasteiger partial charge in [-0.2, -0.15) is 0 Å². The monoisotopic (exact) mass is 238 g/mol. The van der Waals surface area contributed by atoms with Crippen LogP contribution in [0.15, 0.2) is 24.3 Å². The van der Waals surface area contributed by atoms with Crippen molar-refractivity contribution in [1.82, 2.24) is 10.9 Å². The highest BCUT2D eigenvalue weighted by molar-refractivity contribution is 5.90. The van der Waals surface area contributed by atoms with Gasteiger partial charge in [0.25, 0.3) is 5.69 Å². The van der Waals surface area contributed by atoms with Crippen LogP contribution in [0.3, 0.4) is 0 Å². The number of urea groups is 1. The number of rotatable bonds is 2. The molecule has 3 amide bonds. The number of hydrogen-bond donors (Lipinski definition) is 3. The van der Waals surface area contributed by atoms with E-state index in [0.717, 1.165) is 0 Å². The summed E-state index contributed by atoms with van der Waals surface area (Å²) >= 11 is 0. The van der Waals surface area contributed by atoms with Gasteiger partial charge in [0.1, 0.15) is 0 Å². The molecular weight excluding hydrogens is 228 g/mol. The van der Waals surface area contributed by atoms with Crippen molar-refractivity contribution in [3.05, 3.63) is 34.4 Å². The minimum atomic E-state index is -0.694. The summed E-state index contributed by atoms with van der Waals surface area (Å²) < 4.78 is 0. The van der Waals surface area contributed by atoms with Crippen LogP contribution in [0.1, 0.15) is 6.92 Å². The molecule has 8 nitrogen and oxygen atoms in total. The third-order valence-corrected chi connectivity index (χ3v) is 1.67. The summed E-state index contributed by atoms with van der Waals surface area (Å²) in [6.45, 7) is 1.23. The molecule has 1 aromatic rings. The van der Waals surface area contributed by atoms with Crippen molar-refractivity contribution >= 4 is 23.3 Å². The van der Waals surface area contributed by atoms with Crippen LogP contribution in [0, 0.1) is 10.1 Å². The van der Waals surface area contributed by atoms with Crippen molar-refractivity contribution in [2.75, 3.05) is 5.32 Å². The molecule has 0 aliphatic heterocycles. The molecule has 0 atom stereocenters. The largest absolute Gasteiger partial charge is 0.337 e. The molecule has 1 aromatic carbocycles. The smallest absolute Gasteiger partial charge is 0.306 e. The normalized spacial score (nSPS) is 9.24. The van der Waals surface area contributed by atoms with Crippen LogP contribution < -0.4 is 16.2 Å². The minimum absolute atomic E-state index is 0.137. The van der Waals surface area contributed by atoms with E-state index in [1.165, 1.54) is 31.2 Å². The van der Waals surface area contributed by atoms with Gasteiger partial charge in [-0.15, -0.1) is 0 Å². The van der Waals surface area contributed by atoms with Gasteiger partial charge in [0.15, 0.2) is 0 Å². The average Bonchev–Trinajstić information content (AvgIpc) is 2.26. The summed E-state index contributed by atoms with van der Waals surface area (Å²) in [6, 6.07) is 4.73. The number of nitrogens with one attached hydrogen (secondary N) is 3. The third kappa shape index (κ3) is 4.16. The molecule has 0 radical (unpaired) electrons. The molecule has 0 saturated carbocycles. The van der Waals surface area contributed by atoms with Crippen LogP contribution in [-0.4, -0.2) is 16.9 Å². The minimum Gasteiger partial charge on any atom is -0.306 e. The summed E-state index contributed by atoms with van der Waals surface area (Å²) in [5.41, 5.74) is 4.24. The summed E-state index contributed by atoms with van der Waals surface area (Å²) in [7, 11) is 0. The number of amides is 3. The van der Waals surface area contributed by atoms with Gasteiger partial charge in [0, 0.05) is 24.7 Å². The molecule has 0 heterocycles. The fourth-order valence-electron chi connectivity index (χ4n) is 1.00. The zero-order valence-electron chi connectivity index (χ0n) is 8.89. The van der Waals surface area contributed by atoms with E-state index in [2.05, 4.69) is 16.2 Å². The number of carbonyl (C=O) groups excluding carboxylic acids is 2. The van der Waals surface area contributed by atoms with Crippen molar-refractivity contribution in [3.63, 3.8) is 0 Å². The van der Waals surface area contributed by atoms with E-state index in [1.54, 1.807) is 0 Å². The van der Waals surface area contributed by atoms with Crippen molar-refractivity contribution in [2.24, 2.45) is 0 Å². The van der Waals surface area contributed by atoms with Gasteiger partial charge in [-0.1, -0.05) is 6.07 Å². The predicted octanol–water partition coefficient (Wildman–Crippen LogP) is 0.767. The Morgan fingerprint density at radius 2 is 2.00 bits per heavy atom. The Kier molecular flexibility index (Phi) is 3.98. The number of benzene rings is 1. The van der Waals surface area contributed by atoms with E-state index in [4.69, 9.17) is 0 Å². The predicted molar refractivity (Wildman–Crippen MR) is 59.1 cm³/mol. The molecule has 0 aromatic heterocycles. The van der Waals surface area contributed by atoms with Crippen molar-refractivity contribution in [1.29, 1.82) is 0 Å². The second-order valence-corrected chi connectivity index (χ2v) is 3.07. The Labute approximate surface area is 96.1 Å². The number of non-ortho nitro benzene ring substituents is 1. The van der Waals surface area contributed by atoms with Crippen LogP contribution in [-0.2, 0) is 4.79 Å². The lowest BCUT2D eigenvalue weighted by Crippen LogP contribution is -2.42. The number of hydrogen-bond acceptors (Lipinski definition) is 4. The molecule has 3 N–H and O–H groups in total. The van der Waals surface area contributed by atoms with Crippen molar-refractivity contribution < 1.29 is 14.5 Å². The number of carbonyl (C=O) groups is 2. The van der Waals surface area contributed by atoms with Crippen LogP contribution in [0.4, 0.5) is 16.2 Å². The van der Waals surface area contributed by atoms with Crippen LogP contribution in [0.2, 0.25) is 0 Å². The standard InChI is InChI=1S/C9H10N4O4/c1-6(14)11-12-9(15)10-7-3-2-4-8(5-7)13(16)17/h2-5H,1H3,(H,11,14)(H2,10,12,15). The second-order valence-electron chi connectivity index (χ2n) is 3.07. The number of hydrazine groups is 1. The Balaban J connectivity index is 2.62. The molecule has 17 heavy (non-hydrogen) atoms. The number of anilines is 1. The van der Waals surface area contributed by atoms with E-state index in [1.807, 2.05) is 0 Å². The fourth-order valence-corrected chi connectivity index (χ4v) is 1.00. The fraction of sp³-hybridized carbons (Fsp3) is 0.111. The zero-order valence-corrected chi connectivity index (χ0v) is 8.89. The average molecular weight is 238 g/mol. The lowest BCUT2D eigenvalue weighted by molar-refractivity contribution is -0.384. The molecule has 1 rings (SSSR count). The Morgan fingerprint density at radius 3 is 2.59 bits per heavy atom. The van der Waals surface area contributed by atoms with E-state index < -0.39 is 16.9 Å². The molecule has 0 aliphatic carbocycles. The van der Waals surface area contributed by atoms with Gasteiger partial charge in [-0.3, -0.25) is 20.3 Å². The topological polar surface area (TPSA) is 113 Å². The Hall–Kier alpha value is -2.64. The molecule has 0 saturated heterocycles. The highest BCUT2D eigenvalue weighted by Gasteiger charge is 2.07. The maximum atomic E-state index is 11.2. The molecule has 0 unspecified atom stereocenters. The molecule has 0 aliphatic rings. The maximum Gasteiger partial charge on any atom is 0.337 e. The molecule has 0 spiro atoms. The van der Waals surface area contributed by atoms with Crippen LogP contribution in [0.25, 0.3) is 0 Å². The van der Waals surface area contributed by atoms with E-state index in [-0.39, 0.29) is 11.4 Å². The highest BCUT2D eigenvalue weighted by atomic mass is 16.6. The zero-order chi connectivity index (χ0) is 12.8. The SMILES string of the molecule is CC(=O)NNC(=O)Nc1cccc([N+](=O)[O-])c1. The lowest BCUT2D eigenvalue weighted by Gasteiger charge is -2.06. The summed E-state index contributed by atoms with van der Waals surface area (Å²) in [5, 5.41) is 12.8. The first-order chi connectivity index (χ1) is 7.99. The van der Waals surface area contributed by atoms with Gasteiger partial charge < -0.3 is 5.32 Å². The Bertz CT molecular complexity index is 460. The second kappa shape index (κ2) is 5.45. The molecule has 90 valence electrons.